The molecule has 1 rings (SSSR count). The van der Waals surface area contributed by atoms with Crippen molar-refractivity contribution in [2.45, 2.75) is 12.5 Å². The van der Waals surface area contributed by atoms with Gasteiger partial charge in [0.05, 0.1) is 6.07 Å². The van der Waals surface area contributed by atoms with Crippen LogP contribution in [0.5, 0.6) is 5.75 Å². The van der Waals surface area contributed by atoms with Gasteiger partial charge in [0, 0.05) is 0 Å². The van der Waals surface area contributed by atoms with Crippen molar-refractivity contribution in [2.75, 3.05) is 27.2 Å². The molecule has 0 amide bonds. The van der Waals surface area contributed by atoms with Gasteiger partial charge in [-0.25, -0.2) is 0 Å². The maximum absolute atomic E-state index is 9.36. The average Bonchev–Trinajstić information content (AvgIpc) is 2.29. The van der Waals surface area contributed by atoms with Crippen molar-refractivity contribution < 1.29 is 5.11 Å². The summed E-state index contributed by atoms with van der Waals surface area (Å²) in [6.07, 6.45) is 0.990. The van der Waals surface area contributed by atoms with Gasteiger partial charge < -0.3 is 10.0 Å². The average molecular weight is 233 g/mol. The third-order valence-electron chi connectivity index (χ3n) is 2.46. The molecule has 2 N–H and O–H groups in total. The molecule has 0 saturated carbocycles. The summed E-state index contributed by atoms with van der Waals surface area (Å²) >= 11 is 0. The molecule has 1 aromatic carbocycles. The first-order valence-corrected chi connectivity index (χ1v) is 5.70. The summed E-state index contributed by atoms with van der Waals surface area (Å²) < 4.78 is 0. The highest BCUT2D eigenvalue weighted by molar-refractivity contribution is 5.31. The van der Waals surface area contributed by atoms with Crippen LogP contribution in [0.15, 0.2) is 24.3 Å². The van der Waals surface area contributed by atoms with Gasteiger partial charge in [0.2, 0.25) is 0 Å². The second-order valence-corrected chi connectivity index (χ2v) is 4.27. The minimum absolute atomic E-state index is 0.192. The Morgan fingerprint density at radius 2 is 2.24 bits per heavy atom. The third-order valence-corrected chi connectivity index (χ3v) is 2.46. The molecule has 0 bridgehead atoms. The molecule has 0 aliphatic heterocycles. The molecular formula is C13H19N3O. The van der Waals surface area contributed by atoms with Crippen LogP contribution in [-0.2, 0) is 0 Å². The number of hydrogen-bond donors (Lipinski definition) is 2. The van der Waals surface area contributed by atoms with Gasteiger partial charge in [-0.05, 0) is 51.3 Å². The molecule has 4 nitrogen and oxygen atoms in total. The Morgan fingerprint density at radius 1 is 1.47 bits per heavy atom. The Bertz CT molecular complexity index is 384. The summed E-state index contributed by atoms with van der Waals surface area (Å²) in [5.74, 6) is 0.192. The highest BCUT2D eigenvalue weighted by Gasteiger charge is 2.09. The van der Waals surface area contributed by atoms with E-state index in [1.54, 1.807) is 18.2 Å². The van der Waals surface area contributed by atoms with Crippen LogP contribution in [0.3, 0.4) is 0 Å². The van der Waals surface area contributed by atoms with Gasteiger partial charge >= 0.3 is 0 Å². The number of rotatable bonds is 6. The predicted octanol–water partition coefficient (Wildman–Crippen LogP) is 1.50. The van der Waals surface area contributed by atoms with Crippen LogP contribution in [0.25, 0.3) is 0 Å². The maximum Gasteiger partial charge on any atom is 0.121 e. The fourth-order valence-electron chi connectivity index (χ4n) is 1.58. The molecule has 1 atom stereocenters. The number of phenolic OH excluding ortho intramolecular Hbond substituents is 1. The number of nitrogens with zero attached hydrogens (tertiary/aromatic N) is 2. The van der Waals surface area contributed by atoms with Crippen LogP contribution in [0.4, 0.5) is 0 Å². The number of phenols is 1. The van der Waals surface area contributed by atoms with E-state index in [2.05, 4.69) is 16.3 Å². The number of benzene rings is 1. The molecule has 0 saturated heterocycles. The number of nitrogens with one attached hydrogen (secondary N) is 1. The third kappa shape index (κ3) is 4.85. The van der Waals surface area contributed by atoms with E-state index in [9.17, 15) is 5.11 Å². The van der Waals surface area contributed by atoms with Gasteiger partial charge in [-0.2, -0.15) is 5.26 Å². The van der Waals surface area contributed by atoms with Crippen molar-refractivity contribution in [1.29, 1.82) is 5.26 Å². The summed E-state index contributed by atoms with van der Waals surface area (Å²) in [6.45, 7) is 1.78. The molecule has 17 heavy (non-hydrogen) atoms. The van der Waals surface area contributed by atoms with Crippen molar-refractivity contribution in [2.24, 2.45) is 0 Å². The van der Waals surface area contributed by atoms with E-state index in [-0.39, 0.29) is 11.8 Å². The van der Waals surface area contributed by atoms with E-state index in [4.69, 9.17) is 5.26 Å². The number of aromatic hydroxyl groups is 1. The minimum atomic E-state index is -0.357. The second-order valence-electron chi connectivity index (χ2n) is 4.27. The van der Waals surface area contributed by atoms with Crippen molar-refractivity contribution in [1.82, 2.24) is 10.2 Å². The first kappa shape index (κ1) is 13.5. The first-order chi connectivity index (χ1) is 8.13. The van der Waals surface area contributed by atoms with Crippen LogP contribution in [0.1, 0.15) is 18.0 Å². The topological polar surface area (TPSA) is 59.3 Å². The van der Waals surface area contributed by atoms with E-state index in [0.717, 1.165) is 25.1 Å². The molecule has 1 unspecified atom stereocenters. The molecule has 1 aromatic rings. The van der Waals surface area contributed by atoms with Crippen LogP contribution < -0.4 is 5.32 Å². The summed E-state index contributed by atoms with van der Waals surface area (Å²) in [4.78, 5) is 2.11. The van der Waals surface area contributed by atoms with Gasteiger partial charge in [0.15, 0.2) is 0 Å². The molecule has 0 aromatic heterocycles. The zero-order valence-electron chi connectivity index (χ0n) is 10.3. The Hall–Kier alpha value is -1.57. The SMILES string of the molecule is CN(C)CCCNC(C#N)c1cccc(O)c1. The number of hydrogen-bond acceptors (Lipinski definition) is 4. The molecule has 0 aliphatic carbocycles. The van der Waals surface area contributed by atoms with Gasteiger partial charge in [-0.3, -0.25) is 5.32 Å². The van der Waals surface area contributed by atoms with Crippen LogP contribution in [0, 0.1) is 11.3 Å². The summed E-state index contributed by atoms with van der Waals surface area (Å²) in [7, 11) is 4.05. The Morgan fingerprint density at radius 3 is 2.82 bits per heavy atom. The lowest BCUT2D eigenvalue weighted by Gasteiger charge is -2.13. The molecule has 0 aliphatic rings. The van der Waals surface area contributed by atoms with Gasteiger partial charge in [0.1, 0.15) is 11.8 Å². The highest BCUT2D eigenvalue weighted by Crippen LogP contribution is 2.17. The van der Waals surface area contributed by atoms with Gasteiger partial charge in [0.25, 0.3) is 0 Å². The molecular weight excluding hydrogens is 214 g/mol. The monoisotopic (exact) mass is 233 g/mol. The maximum atomic E-state index is 9.36. The van der Waals surface area contributed by atoms with Crippen LogP contribution in [0.2, 0.25) is 0 Å². The smallest absolute Gasteiger partial charge is 0.121 e. The second kappa shape index (κ2) is 6.89. The largest absolute Gasteiger partial charge is 0.508 e. The quantitative estimate of drug-likeness (QED) is 0.731. The van der Waals surface area contributed by atoms with Crippen LogP contribution in [-0.4, -0.2) is 37.2 Å². The van der Waals surface area contributed by atoms with Crippen molar-refractivity contribution in [3.63, 3.8) is 0 Å². The predicted molar refractivity (Wildman–Crippen MR) is 67.6 cm³/mol. The lowest BCUT2D eigenvalue weighted by molar-refractivity contribution is 0.392. The lowest BCUT2D eigenvalue weighted by atomic mass is 10.1. The van der Waals surface area contributed by atoms with Crippen molar-refractivity contribution >= 4 is 0 Å². The van der Waals surface area contributed by atoms with E-state index >= 15 is 0 Å². The summed E-state index contributed by atoms with van der Waals surface area (Å²) in [5.41, 5.74) is 0.803. The number of nitriles is 1. The van der Waals surface area contributed by atoms with Gasteiger partial charge in [-0.1, -0.05) is 12.1 Å². The summed E-state index contributed by atoms with van der Waals surface area (Å²) in [5, 5.41) is 21.6. The molecule has 4 heteroatoms. The lowest BCUT2D eigenvalue weighted by Crippen LogP contribution is -2.24. The Kier molecular flexibility index (Phi) is 5.47. The van der Waals surface area contributed by atoms with E-state index in [1.165, 1.54) is 0 Å². The Balaban J connectivity index is 2.47. The highest BCUT2D eigenvalue weighted by atomic mass is 16.3. The van der Waals surface area contributed by atoms with Crippen molar-refractivity contribution in [3.8, 4) is 11.8 Å². The van der Waals surface area contributed by atoms with Crippen LogP contribution >= 0.6 is 0 Å². The molecule has 0 heterocycles. The molecule has 0 radical (unpaired) electrons. The van der Waals surface area contributed by atoms with Gasteiger partial charge in [-0.15, -0.1) is 0 Å². The fourth-order valence-corrected chi connectivity index (χ4v) is 1.58. The molecule has 0 spiro atoms. The fraction of sp³-hybridized carbons (Fsp3) is 0.462. The first-order valence-electron chi connectivity index (χ1n) is 5.70. The zero-order chi connectivity index (χ0) is 12.7. The minimum Gasteiger partial charge on any atom is -0.508 e. The summed E-state index contributed by atoms with van der Waals surface area (Å²) in [6, 6.07) is 8.65. The molecule has 92 valence electrons. The van der Waals surface area contributed by atoms with E-state index in [1.807, 2.05) is 20.2 Å². The zero-order valence-corrected chi connectivity index (χ0v) is 10.3. The Labute approximate surface area is 102 Å². The molecule has 0 fully saturated rings. The van der Waals surface area contributed by atoms with E-state index < -0.39 is 0 Å². The van der Waals surface area contributed by atoms with E-state index in [0.29, 0.717) is 0 Å². The van der Waals surface area contributed by atoms with Crippen molar-refractivity contribution in [3.05, 3.63) is 29.8 Å². The normalized spacial score (nSPS) is 12.4. The standard InChI is InChI=1S/C13H19N3O/c1-16(2)8-4-7-15-13(10-14)11-5-3-6-12(17)9-11/h3,5-6,9,13,15,17H,4,7-8H2,1-2H3.